The first-order valence-corrected chi connectivity index (χ1v) is 12.8. The number of ether oxygens (including phenoxy) is 1. The molecule has 1 aromatic carbocycles. The molecule has 0 spiro atoms. The molecule has 9 nitrogen and oxygen atoms in total. The zero-order valence-electron chi connectivity index (χ0n) is 21.5. The van der Waals surface area contributed by atoms with Crippen LogP contribution >= 0.6 is 0 Å². The highest BCUT2D eigenvalue weighted by Gasteiger charge is 2.89. The number of rotatable bonds is 10. The fourth-order valence-electron chi connectivity index (χ4n) is 5.19. The predicted molar refractivity (Wildman–Crippen MR) is 136 cm³/mol. The highest BCUT2D eigenvalue weighted by Crippen LogP contribution is 2.68. The van der Waals surface area contributed by atoms with Crippen molar-refractivity contribution in [2.75, 3.05) is 6.61 Å². The Labute approximate surface area is 214 Å². The highest BCUT2D eigenvalue weighted by atomic mass is 16.6. The van der Waals surface area contributed by atoms with Crippen LogP contribution in [0.5, 0.6) is 0 Å². The summed E-state index contributed by atoms with van der Waals surface area (Å²) < 4.78 is 11.3. The molecule has 2 aliphatic rings. The molecule has 2 aromatic heterocycles. The third-order valence-electron chi connectivity index (χ3n) is 7.22. The van der Waals surface area contributed by atoms with Crippen molar-refractivity contribution in [3.05, 3.63) is 64.0 Å². The Morgan fingerprint density at radius 2 is 1.92 bits per heavy atom. The lowest BCUT2D eigenvalue weighted by Gasteiger charge is -2.25. The standard InChI is InChI=1S/C28H33N3O6/c1-27(2,3)16-36-26(35)31-23-24(31)28(23,25(33)34)15-17-9-10-21-19(13-17)20(32)14-18(37-21)7-5-4-6-8-22-29-11-12-30-22/h9-14,23-24H,4-8,15-16H2,1-3H3,(H,29,30)(H,33,34). The molecular weight excluding hydrogens is 474 g/mol. The lowest BCUT2D eigenvalue weighted by Crippen LogP contribution is -2.41. The molecule has 1 aliphatic carbocycles. The summed E-state index contributed by atoms with van der Waals surface area (Å²) in [5.74, 6) is 0.699. The van der Waals surface area contributed by atoms with Crippen molar-refractivity contribution >= 4 is 23.0 Å². The minimum absolute atomic E-state index is 0.133. The number of hydrogen-bond donors (Lipinski definition) is 2. The third-order valence-corrected chi connectivity index (χ3v) is 7.22. The summed E-state index contributed by atoms with van der Waals surface area (Å²) >= 11 is 0. The average molecular weight is 508 g/mol. The maximum Gasteiger partial charge on any atom is 0.410 e. The number of carbonyl (C=O) groups is 2. The molecule has 2 fully saturated rings. The molecule has 9 heteroatoms. The van der Waals surface area contributed by atoms with E-state index in [0.29, 0.717) is 23.2 Å². The number of nitrogens with zero attached hydrogens (tertiary/aromatic N) is 2. The zero-order chi connectivity index (χ0) is 26.4. The van der Waals surface area contributed by atoms with Crippen LogP contribution in [-0.2, 0) is 28.8 Å². The van der Waals surface area contributed by atoms with Gasteiger partial charge in [0.25, 0.3) is 0 Å². The Kier molecular flexibility index (Phi) is 6.33. The first-order chi connectivity index (χ1) is 17.6. The number of carboxylic acids is 1. The number of nitrogens with one attached hydrogen (secondary N) is 1. The van der Waals surface area contributed by atoms with Crippen molar-refractivity contribution < 1.29 is 23.8 Å². The van der Waals surface area contributed by atoms with Crippen LogP contribution in [-0.4, -0.2) is 50.7 Å². The molecule has 0 radical (unpaired) electrons. The minimum Gasteiger partial charge on any atom is -0.481 e. The molecule has 196 valence electrons. The summed E-state index contributed by atoms with van der Waals surface area (Å²) in [6, 6.07) is 6.08. The van der Waals surface area contributed by atoms with E-state index in [1.807, 2.05) is 33.0 Å². The number of H-pyrrole nitrogens is 1. The fraction of sp³-hybridized carbons (Fsp3) is 0.500. The predicted octanol–water partition coefficient (Wildman–Crippen LogP) is 4.33. The molecule has 3 heterocycles. The van der Waals surface area contributed by atoms with Gasteiger partial charge in [0.05, 0.1) is 24.1 Å². The summed E-state index contributed by atoms with van der Waals surface area (Å²) in [5.41, 5.74) is -0.0786. The van der Waals surface area contributed by atoms with Gasteiger partial charge in [-0.05, 0) is 42.4 Å². The largest absolute Gasteiger partial charge is 0.481 e. The molecule has 1 saturated heterocycles. The van der Waals surface area contributed by atoms with Gasteiger partial charge in [0.1, 0.15) is 22.6 Å². The first-order valence-electron chi connectivity index (χ1n) is 12.8. The van der Waals surface area contributed by atoms with Gasteiger partial charge in [0, 0.05) is 31.3 Å². The number of amides is 1. The van der Waals surface area contributed by atoms with Gasteiger partial charge in [-0.25, -0.2) is 9.78 Å². The molecule has 2 atom stereocenters. The van der Waals surface area contributed by atoms with Crippen LogP contribution in [0, 0.1) is 10.8 Å². The van der Waals surface area contributed by atoms with Crippen molar-refractivity contribution in [2.45, 2.75) is 71.4 Å². The molecule has 0 bridgehead atoms. The Morgan fingerprint density at radius 3 is 2.59 bits per heavy atom. The number of aromatic nitrogens is 2. The third kappa shape index (κ3) is 4.99. The van der Waals surface area contributed by atoms with Crippen molar-refractivity contribution in [2.24, 2.45) is 10.8 Å². The van der Waals surface area contributed by atoms with Gasteiger partial charge in [0.2, 0.25) is 0 Å². The summed E-state index contributed by atoms with van der Waals surface area (Å²) in [6.07, 6.45) is 7.84. The summed E-state index contributed by atoms with van der Waals surface area (Å²) in [5, 5.41) is 10.4. The van der Waals surface area contributed by atoms with E-state index in [1.165, 1.54) is 11.0 Å². The molecule has 1 aliphatic heterocycles. The van der Waals surface area contributed by atoms with Gasteiger partial charge in [-0.1, -0.05) is 33.3 Å². The zero-order valence-corrected chi connectivity index (χ0v) is 21.5. The Balaban J connectivity index is 1.19. The second kappa shape index (κ2) is 9.36. The van der Waals surface area contributed by atoms with Gasteiger partial charge in [-0.2, -0.15) is 0 Å². The summed E-state index contributed by atoms with van der Waals surface area (Å²) in [7, 11) is 0. The van der Waals surface area contributed by atoms with Crippen molar-refractivity contribution in [1.29, 1.82) is 0 Å². The number of carboxylic acid groups (broad SMARTS) is 1. The normalized spacial score (nSPS) is 22.1. The number of aliphatic carboxylic acids is 1. The van der Waals surface area contributed by atoms with E-state index in [2.05, 4.69) is 9.97 Å². The van der Waals surface area contributed by atoms with Crippen LogP contribution in [0.3, 0.4) is 0 Å². The number of benzene rings is 1. The lowest BCUT2D eigenvalue weighted by molar-refractivity contribution is -0.146. The van der Waals surface area contributed by atoms with E-state index in [-0.39, 0.29) is 36.0 Å². The number of unbranched alkanes of at least 4 members (excludes halogenated alkanes) is 2. The van der Waals surface area contributed by atoms with Gasteiger partial charge in [-0.15, -0.1) is 0 Å². The lowest BCUT2D eigenvalue weighted by atomic mass is 9.91. The van der Waals surface area contributed by atoms with E-state index in [1.54, 1.807) is 18.3 Å². The molecule has 2 N–H and O–H groups in total. The van der Waals surface area contributed by atoms with Crippen LogP contribution in [0.25, 0.3) is 11.0 Å². The molecule has 1 saturated carbocycles. The number of likely N-dealkylation sites (tertiary alicyclic amines) is 1. The first kappa shape index (κ1) is 25.0. The Morgan fingerprint density at radius 1 is 1.16 bits per heavy atom. The Bertz CT molecular complexity index is 1360. The Hall–Kier alpha value is -3.62. The second-order valence-corrected chi connectivity index (χ2v) is 11.4. The van der Waals surface area contributed by atoms with Crippen molar-refractivity contribution in [3.8, 4) is 0 Å². The molecule has 3 aromatic rings. The fourth-order valence-corrected chi connectivity index (χ4v) is 5.19. The SMILES string of the molecule is CC(C)(C)COC(=O)N1C2C1C2(Cc1ccc2oc(CCCCCc3ncc[nH]3)cc(=O)c2c1)C(=O)O. The molecule has 2 unspecified atom stereocenters. The van der Waals surface area contributed by atoms with E-state index < -0.39 is 17.5 Å². The van der Waals surface area contributed by atoms with Crippen LogP contribution in [0.4, 0.5) is 4.79 Å². The van der Waals surface area contributed by atoms with Gasteiger partial charge in [-0.3, -0.25) is 14.5 Å². The maximum atomic E-state index is 12.8. The monoisotopic (exact) mass is 507 g/mol. The van der Waals surface area contributed by atoms with E-state index in [4.69, 9.17) is 9.15 Å². The number of aryl methyl sites for hydroxylation is 2. The quantitative estimate of drug-likeness (QED) is 0.309. The van der Waals surface area contributed by atoms with Crippen LogP contribution in [0.1, 0.15) is 57.2 Å². The van der Waals surface area contributed by atoms with E-state index >= 15 is 0 Å². The van der Waals surface area contributed by atoms with Crippen molar-refractivity contribution in [3.63, 3.8) is 0 Å². The highest BCUT2D eigenvalue weighted by molar-refractivity contribution is 5.92. The number of aromatic amines is 1. The van der Waals surface area contributed by atoms with Gasteiger partial charge < -0.3 is 19.2 Å². The summed E-state index contributed by atoms with van der Waals surface area (Å²) in [6.45, 7) is 6.17. The molecule has 5 rings (SSSR count). The topological polar surface area (TPSA) is 125 Å². The number of fused-ring (bicyclic) bond motifs is 2. The van der Waals surface area contributed by atoms with E-state index in [9.17, 15) is 19.5 Å². The number of hydrogen-bond acceptors (Lipinski definition) is 6. The van der Waals surface area contributed by atoms with Crippen LogP contribution in [0.15, 0.2) is 45.9 Å². The molecular formula is C28H33N3O6. The van der Waals surface area contributed by atoms with Gasteiger partial charge in [0.15, 0.2) is 5.43 Å². The van der Waals surface area contributed by atoms with Crippen molar-refractivity contribution in [1.82, 2.24) is 14.9 Å². The van der Waals surface area contributed by atoms with Crippen LogP contribution in [0.2, 0.25) is 0 Å². The number of imidazole rings is 1. The molecule has 37 heavy (non-hydrogen) atoms. The minimum atomic E-state index is -1.02. The molecule has 1 amide bonds. The van der Waals surface area contributed by atoms with Crippen LogP contribution < -0.4 is 5.43 Å². The number of carbonyl (C=O) groups excluding carboxylic acids is 1. The second-order valence-electron chi connectivity index (χ2n) is 11.4. The van der Waals surface area contributed by atoms with E-state index in [0.717, 1.165) is 37.1 Å². The smallest absolute Gasteiger partial charge is 0.410 e. The average Bonchev–Trinajstić information content (AvgIpc) is 3.66. The maximum absolute atomic E-state index is 12.8. The summed E-state index contributed by atoms with van der Waals surface area (Å²) in [4.78, 5) is 46.1. The van der Waals surface area contributed by atoms with Gasteiger partial charge >= 0.3 is 12.1 Å².